The minimum atomic E-state index is -0.312. The van der Waals surface area contributed by atoms with Gasteiger partial charge in [0, 0.05) is 6.92 Å². The monoisotopic (exact) mass is 182 g/mol. The van der Waals surface area contributed by atoms with Crippen LogP contribution >= 0.6 is 0 Å². The van der Waals surface area contributed by atoms with Crippen LogP contribution in [0, 0.1) is 0 Å². The zero-order chi connectivity index (χ0) is 9.52. The highest BCUT2D eigenvalue weighted by Crippen LogP contribution is 2.02. The number of rotatable bonds is 4. The smallest absolute Gasteiger partial charge is 0.302 e. The number of ether oxygens (including phenoxy) is 2. The molecular formula is C8H10N2O3. The Hall–Kier alpha value is -1.65. The fourth-order valence-electron chi connectivity index (χ4n) is 0.705. The maximum atomic E-state index is 10.4. The number of carbonyl (C=O) groups excluding carboxylic acids is 1. The summed E-state index contributed by atoms with van der Waals surface area (Å²) in [5.41, 5.74) is 0. The predicted molar refractivity (Wildman–Crippen MR) is 44.2 cm³/mol. The molecule has 0 aliphatic heterocycles. The molecule has 0 saturated heterocycles. The minimum Gasteiger partial charge on any atom is -0.487 e. The lowest BCUT2D eigenvalue weighted by molar-refractivity contribution is -0.141. The first-order valence-corrected chi connectivity index (χ1v) is 3.80. The number of carbonyl (C=O) groups is 1. The third kappa shape index (κ3) is 4.05. The van der Waals surface area contributed by atoms with Crippen molar-refractivity contribution in [3.05, 3.63) is 18.7 Å². The Morgan fingerprint density at radius 1 is 1.38 bits per heavy atom. The minimum absolute atomic E-state index is 0.240. The molecule has 0 bridgehead atoms. The molecule has 70 valence electrons. The van der Waals surface area contributed by atoms with Crippen LogP contribution < -0.4 is 4.74 Å². The van der Waals surface area contributed by atoms with Crippen molar-refractivity contribution < 1.29 is 14.3 Å². The van der Waals surface area contributed by atoms with Crippen LogP contribution in [0.2, 0.25) is 0 Å². The highest BCUT2D eigenvalue weighted by atomic mass is 16.6. The molecule has 5 heteroatoms. The van der Waals surface area contributed by atoms with Crippen molar-refractivity contribution in [3.63, 3.8) is 0 Å². The van der Waals surface area contributed by atoms with Crippen molar-refractivity contribution in [3.8, 4) is 5.75 Å². The van der Waals surface area contributed by atoms with Crippen molar-refractivity contribution in [2.24, 2.45) is 0 Å². The molecule has 0 spiro atoms. The zero-order valence-corrected chi connectivity index (χ0v) is 7.27. The summed E-state index contributed by atoms with van der Waals surface area (Å²) >= 11 is 0. The van der Waals surface area contributed by atoms with E-state index in [1.807, 2.05) is 0 Å². The molecule has 1 rings (SSSR count). The van der Waals surface area contributed by atoms with Gasteiger partial charge in [-0.05, 0) is 0 Å². The molecule has 0 N–H and O–H groups in total. The summed E-state index contributed by atoms with van der Waals surface area (Å²) in [6.07, 6.45) is 4.50. The van der Waals surface area contributed by atoms with E-state index >= 15 is 0 Å². The third-order valence-corrected chi connectivity index (χ3v) is 1.19. The summed E-state index contributed by atoms with van der Waals surface area (Å²) < 4.78 is 9.81. The van der Waals surface area contributed by atoms with Crippen LogP contribution in [0.3, 0.4) is 0 Å². The van der Waals surface area contributed by atoms with E-state index in [9.17, 15) is 4.79 Å². The zero-order valence-electron chi connectivity index (χ0n) is 7.27. The Kier molecular flexibility index (Phi) is 3.69. The molecule has 0 aliphatic rings. The standard InChI is InChI=1S/C8H10N2O3/c1-7(11)12-2-3-13-8-4-9-6-10-5-8/h4-6H,2-3H2,1H3. The van der Waals surface area contributed by atoms with Crippen molar-refractivity contribution in [2.45, 2.75) is 6.92 Å². The third-order valence-electron chi connectivity index (χ3n) is 1.19. The Bertz CT molecular complexity index is 263. The summed E-state index contributed by atoms with van der Waals surface area (Å²) in [7, 11) is 0. The van der Waals surface area contributed by atoms with Gasteiger partial charge < -0.3 is 9.47 Å². The molecule has 0 saturated carbocycles. The van der Waals surface area contributed by atoms with Crippen LogP contribution in [-0.2, 0) is 9.53 Å². The maximum Gasteiger partial charge on any atom is 0.302 e. The number of esters is 1. The fraction of sp³-hybridized carbons (Fsp3) is 0.375. The van der Waals surface area contributed by atoms with Crippen LogP contribution in [0.15, 0.2) is 18.7 Å². The molecule has 1 heterocycles. The lowest BCUT2D eigenvalue weighted by Crippen LogP contribution is -2.09. The molecule has 0 aromatic carbocycles. The Morgan fingerprint density at radius 2 is 2.08 bits per heavy atom. The lowest BCUT2D eigenvalue weighted by atomic mass is 10.6. The Labute approximate surface area is 75.7 Å². The van der Waals surface area contributed by atoms with Gasteiger partial charge in [-0.2, -0.15) is 0 Å². The highest BCUT2D eigenvalue weighted by molar-refractivity contribution is 5.65. The number of nitrogens with zero attached hydrogens (tertiary/aromatic N) is 2. The first kappa shape index (κ1) is 9.44. The largest absolute Gasteiger partial charge is 0.487 e. The van der Waals surface area contributed by atoms with E-state index in [0.717, 1.165) is 0 Å². The Balaban J connectivity index is 2.17. The molecule has 0 unspecified atom stereocenters. The maximum absolute atomic E-state index is 10.4. The van der Waals surface area contributed by atoms with Gasteiger partial charge >= 0.3 is 5.97 Å². The van der Waals surface area contributed by atoms with Gasteiger partial charge in [0.15, 0.2) is 5.75 Å². The lowest BCUT2D eigenvalue weighted by Gasteiger charge is -2.04. The van der Waals surface area contributed by atoms with Gasteiger partial charge in [0.25, 0.3) is 0 Å². The number of hydrogen-bond donors (Lipinski definition) is 0. The topological polar surface area (TPSA) is 61.3 Å². The van der Waals surface area contributed by atoms with Gasteiger partial charge in [0.2, 0.25) is 0 Å². The second-order valence-electron chi connectivity index (χ2n) is 2.26. The quantitative estimate of drug-likeness (QED) is 0.498. The summed E-state index contributed by atoms with van der Waals surface area (Å²) in [5, 5.41) is 0. The molecule has 5 nitrogen and oxygen atoms in total. The van der Waals surface area contributed by atoms with Crippen LogP contribution in [0.5, 0.6) is 5.75 Å². The van der Waals surface area contributed by atoms with Gasteiger partial charge in [-0.1, -0.05) is 0 Å². The SMILES string of the molecule is CC(=O)OCCOc1cncnc1. The predicted octanol–water partition coefficient (Wildman–Crippen LogP) is 0.418. The number of aromatic nitrogens is 2. The van der Waals surface area contributed by atoms with Crippen LogP contribution in [0.25, 0.3) is 0 Å². The van der Waals surface area contributed by atoms with E-state index < -0.39 is 0 Å². The molecule has 0 amide bonds. The highest BCUT2D eigenvalue weighted by Gasteiger charge is 1.94. The van der Waals surface area contributed by atoms with Crippen molar-refractivity contribution >= 4 is 5.97 Å². The van der Waals surface area contributed by atoms with Gasteiger partial charge in [-0.3, -0.25) is 4.79 Å². The van der Waals surface area contributed by atoms with Crippen LogP contribution in [-0.4, -0.2) is 29.2 Å². The normalized spacial score (nSPS) is 9.31. The second kappa shape index (κ2) is 5.08. The summed E-state index contributed by atoms with van der Waals surface area (Å²) in [6.45, 7) is 1.91. The van der Waals surface area contributed by atoms with E-state index in [1.54, 1.807) is 12.4 Å². The first-order chi connectivity index (χ1) is 6.29. The second-order valence-corrected chi connectivity index (χ2v) is 2.26. The van der Waals surface area contributed by atoms with Crippen LogP contribution in [0.1, 0.15) is 6.92 Å². The summed E-state index contributed by atoms with van der Waals surface area (Å²) in [6, 6.07) is 0. The fourth-order valence-corrected chi connectivity index (χ4v) is 0.705. The summed E-state index contributed by atoms with van der Waals surface area (Å²) in [4.78, 5) is 17.9. The van der Waals surface area contributed by atoms with Gasteiger partial charge in [0.1, 0.15) is 19.5 Å². The van der Waals surface area contributed by atoms with E-state index in [2.05, 4.69) is 14.7 Å². The van der Waals surface area contributed by atoms with Gasteiger partial charge in [0.05, 0.1) is 12.4 Å². The van der Waals surface area contributed by atoms with Crippen molar-refractivity contribution in [1.29, 1.82) is 0 Å². The first-order valence-electron chi connectivity index (χ1n) is 3.80. The average molecular weight is 182 g/mol. The Morgan fingerprint density at radius 3 is 2.69 bits per heavy atom. The van der Waals surface area contributed by atoms with Crippen LogP contribution in [0.4, 0.5) is 0 Å². The molecule has 1 aromatic heterocycles. The average Bonchev–Trinajstić information content (AvgIpc) is 2.14. The summed E-state index contributed by atoms with van der Waals surface area (Å²) in [5.74, 6) is 0.252. The van der Waals surface area contributed by atoms with Crippen molar-refractivity contribution in [1.82, 2.24) is 9.97 Å². The molecule has 0 atom stereocenters. The van der Waals surface area contributed by atoms with E-state index in [4.69, 9.17) is 4.74 Å². The van der Waals surface area contributed by atoms with E-state index in [-0.39, 0.29) is 12.6 Å². The molecule has 0 fully saturated rings. The van der Waals surface area contributed by atoms with E-state index in [0.29, 0.717) is 12.4 Å². The number of hydrogen-bond acceptors (Lipinski definition) is 5. The molecule has 1 aromatic rings. The molecule has 0 radical (unpaired) electrons. The molecular weight excluding hydrogens is 172 g/mol. The van der Waals surface area contributed by atoms with Crippen molar-refractivity contribution in [2.75, 3.05) is 13.2 Å². The van der Waals surface area contributed by atoms with Gasteiger partial charge in [-0.25, -0.2) is 9.97 Å². The van der Waals surface area contributed by atoms with Gasteiger partial charge in [-0.15, -0.1) is 0 Å². The molecule has 0 aliphatic carbocycles. The molecule has 13 heavy (non-hydrogen) atoms. The van der Waals surface area contributed by atoms with E-state index in [1.165, 1.54) is 13.3 Å².